The van der Waals surface area contributed by atoms with Crippen LogP contribution >= 0.6 is 27.7 Å². The fourth-order valence-electron chi connectivity index (χ4n) is 4.16. The summed E-state index contributed by atoms with van der Waals surface area (Å²) in [5, 5.41) is 1.52. The lowest BCUT2D eigenvalue weighted by Gasteiger charge is -2.31. The van der Waals surface area contributed by atoms with Gasteiger partial charge in [-0.05, 0) is 49.5 Å². The Balaban J connectivity index is 1.60. The molecule has 0 aromatic rings. The highest BCUT2D eigenvalue weighted by Crippen LogP contribution is 2.54. The Kier molecular flexibility index (Phi) is 3.72. The van der Waals surface area contributed by atoms with Crippen LogP contribution < -0.4 is 0 Å². The normalized spacial score (nSPS) is 42.8. The molecule has 4 aliphatic rings. The maximum Gasteiger partial charge on any atom is 0.0363 e. The van der Waals surface area contributed by atoms with Crippen LogP contribution in [0.15, 0.2) is 47.6 Å². The van der Waals surface area contributed by atoms with Crippen LogP contribution in [0.1, 0.15) is 32.1 Å². The number of hydrogen-bond donors (Lipinski definition) is 0. The molecule has 0 aromatic heterocycles. The average Bonchev–Trinajstić information content (AvgIpc) is 2.87. The molecule has 5 unspecified atom stereocenters. The van der Waals surface area contributed by atoms with Gasteiger partial charge in [0.15, 0.2) is 0 Å². The molecule has 2 heteroatoms. The zero-order chi connectivity index (χ0) is 13.5. The minimum atomic E-state index is 0.548. The molecule has 1 saturated heterocycles. The van der Waals surface area contributed by atoms with Crippen molar-refractivity contribution in [2.75, 3.05) is 0 Å². The van der Waals surface area contributed by atoms with E-state index in [-0.39, 0.29) is 0 Å². The van der Waals surface area contributed by atoms with E-state index in [2.05, 4.69) is 64.1 Å². The Labute approximate surface area is 134 Å². The number of thioether (sulfide) groups is 1. The maximum atomic E-state index is 3.69. The zero-order valence-electron chi connectivity index (χ0n) is 11.7. The fraction of sp³-hybridized carbons (Fsp3) is 0.556. The topological polar surface area (TPSA) is 0 Å². The van der Waals surface area contributed by atoms with Crippen LogP contribution in [0.2, 0.25) is 0 Å². The predicted molar refractivity (Wildman–Crippen MR) is 92.4 cm³/mol. The maximum absolute atomic E-state index is 3.69. The van der Waals surface area contributed by atoms with E-state index in [1.165, 1.54) is 25.7 Å². The molecule has 3 aliphatic carbocycles. The highest BCUT2D eigenvalue weighted by Gasteiger charge is 2.44. The van der Waals surface area contributed by atoms with Gasteiger partial charge in [-0.3, -0.25) is 0 Å². The Morgan fingerprint density at radius 3 is 2.80 bits per heavy atom. The Hall–Kier alpha value is -0.210. The van der Waals surface area contributed by atoms with Gasteiger partial charge in [0.2, 0.25) is 0 Å². The lowest BCUT2D eigenvalue weighted by molar-refractivity contribution is 0.497. The molecule has 5 atom stereocenters. The third-order valence-corrected chi connectivity index (χ3v) is 7.53. The van der Waals surface area contributed by atoms with Crippen LogP contribution in [0, 0.1) is 11.8 Å². The van der Waals surface area contributed by atoms with Gasteiger partial charge in [-0.15, -0.1) is 11.8 Å². The molecule has 0 radical (unpaired) electrons. The Bertz CT molecular complexity index is 514. The number of halogens is 1. The van der Waals surface area contributed by atoms with Crippen molar-refractivity contribution in [3.05, 3.63) is 47.6 Å². The molecule has 20 heavy (non-hydrogen) atoms. The van der Waals surface area contributed by atoms with Gasteiger partial charge in [-0.25, -0.2) is 0 Å². The first-order chi connectivity index (χ1) is 9.83. The highest BCUT2D eigenvalue weighted by atomic mass is 79.9. The summed E-state index contributed by atoms with van der Waals surface area (Å²) in [4.78, 5) is 0.548. The lowest BCUT2D eigenvalue weighted by Crippen LogP contribution is -2.24. The van der Waals surface area contributed by atoms with Crippen molar-refractivity contribution in [1.82, 2.24) is 0 Å². The third-order valence-electron chi connectivity index (χ3n) is 5.15. The van der Waals surface area contributed by atoms with Gasteiger partial charge in [0.05, 0.1) is 0 Å². The van der Waals surface area contributed by atoms with Crippen LogP contribution in [0.5, 0.6) is 0 Å². The van der Waals surface area contributed by atoms with Gasteiger partial charge in [-0.1, -0.05) is 58.0 Å². The van der Waals surface area contributed by atoms with E-state index in [0.29, 0.717) is 4.83 Å². The largest absolute Gasteiger partial charge is 0.145 e. The minimum absolute atomic E-state index is 0.548. The second-order valence-electron chi connectivity index (χ2n) is 6.34. The van der Waals surface area contributed by atoms with E-state index in [9.17, 15) is 0 Å². The second-order valence-corrected chi connectivity index (χ2v) is 8.84. The van der Waals surface area contributed by atoms with Crippen molar-refractivity contribution >= 4 is 27.7 Å². The first-order valence-corrected chi connectivity index (χ1v) is 9.73. The van der Waals surface area contributed by atoms with Crippen molar-refractivity contribution in [3.8, 4) is 0 Å². The van der Waals surface area contributed by atoms with Gasteiger partial charge in [0, 0.05) is 15.3 Å². The summed E-state index contributed by atoms with van der Waals surface area (Å²) in [6, 6.07) is 0. The quantitative estimate of drug-likeness (QED) is 0.450. The van der Waals surface area contributed by atoms with E-state index in [4.69, 9.17) is 0 Å². The van der Waals surface area contributed by atoms with E-state index < -0.39 is 0 Å². The van der Waals surface area contributed by atoms with E-state index in [1.807, 2.05) is 0 Å². The van der Waals surface area contributed by atoms with Gasteiger partial charge in [-0.2, -0.15) is 0 Å². The SMILES string of the molecule is BrC1C=CC(C2CCC=C3C4CCC=CC4SC32)=CC1. The summed E-state index contributed by atoms with van der Waals surface area (Å²) in [6.07, 6.45) is 21.1. The van der Waals surface area contributed by atoms with Gasteiger partial charge in [0.1, 0.15) is 0 Å². The molecule has 0 aromatic carbocycles. The van der Waals surface area contributed by atoms with Gasteiger partial charge >= 0.3 is 0 Å². The third kappa shape index (κ3) is 2.29. The second kappa shape index (κ2) is 5.53. The summed E-state index contributed by atoms with van der Waals surface area (Å²) in [7, 11) is 0. The molecule has 0 N–H and O–H groups in total. The molecular weight excluding hydrogens is 328 g/mol. The molecule has 4 rings (SSSR count). The highest BCUT2D eigenvalue weighted by molar-refractivity contribution is 9.09. The predicted octanol–water partition coefficient (Wildman–Crippen LogP) is 5.42. The summed E-state index contributed by atoms with van der Waals surface area (Å²) in [5.74, 6) is 1.60. The van der Waals surface area contributed by atoms with Gasteiger partial charge < -0.3 is 0 Å². The number of hydrogen-bond acceptors (Lipinski definition) is 1. The van der Waals surface area contributed by atoms with Gasteiger partial charge in [0.25, 0.3) is 0 Å². The van der Waals surface area contributed by atoms with Crippen LogP contribution in [0.4, 0.5) is 0 Å². The summed E-state index contributed by atoms with van der Waals surface area (Å²) in [5.41, 5.74) is 3.39. The number of rotatable bonds is 1. The molecule has 0 bridgehead atoms. The van der Waals surface area contributed by atoms with Crippen molar-refractivity contribution in [2.45, 2.75) is 47.4 Å². The molecular formula is C18H21BrS. The molecule has 1 heterocycles. The molecule has 0 amide bonds. The van der Waals surface area contributed by atoms with Crippen molar-refractivity contribution in [1.29, 1.82) is 0 Å². The average molecular weight is 349 g/mol. The molecule has 106 valence electrons. The number of allylic oxidation sites excluding steroid dienone is 6. The van der Waals surface area contributed by atoms with E-state index in [0.717, 1.165) is 28.8 Å². The van der Waals surface area contributed by atoms with E-state index >= 15 is 0 Å². The summed E-state index contributed by atoms with van der Waals surface area (Å²) >= 11 is 5.93. The lowest BCUT2D eigenvalue weighted by atomic mass is 9.75. The van der Waals surface area contributed by atoms with Crippen molar-refractivity contribution in [3.63, 3.8) is 0 Å². The fourth-order valence-corrected chi connectivity index (χ4v) is 6.44. The summed E-state index contributed by atoms with van der Waals surface area (Å²) < 4.78 is 0. The molecule has 0 nitrogen and oxygen atoms in total. The number of fused-ring (bicyclic) bond motifs is 3. The smallest absolute Gasteiger partial charge is 0.0363 e. The zero-order valence-corrected chi connectivity index (χ0v) is 14.1. The first-order valence-electron chi connectivity index (χ1n) is 7.87. The molecule has 1 aliphatic heterocycles. The van der Waals surface area contributed by atoms with Crippen LogP contribution in [-0.4, -0.2) is 15.3 Å². The van der Waals surface area contributed by atoms with Crippen LogP contribution in [0.3, 0.4) is 0 Å². The molecule has 0 saturated carbocycles. The summed E-state index contributed by atoms with van der Waals surface area (Å²) in [6.45, 7) is 0. The van der Waals surface area contributed by atoms with Crippen LogP contribution in [0.25, 0.3) is 0 Å². The number of alkyl halides is 1. The monoisotopic (exact) mass is 348 g/mol. The standard InChI is InChI=1S/C18H21BrS/c19-13-10-8-12(9-11-13)14-5-3-6-16-15-4-1-2-7-17(15)20-18(14)16/h2,6-10,13-15,17-18H,1,3-5,11H2. The molecule has 0 spiro atoms. The Morgan fingerprint density at radius 1 is 1.05 bits per heavy atom. The van der Waals surface area contributed by atoms with Crippen molar-refractivity contribution in [2.24, 2.45) is 11.8 Å². The first kappa shape index (κ1) is 13.5. The minimum Gasteiger partial charge on any atom is -0.145 e. The molecule has 1 fully saturated rings. The Morgan fingerprint density at radius 2 is 1.95 bits per heavy atom. The van der Waals surface area contributed by atoms with E-state index in [1.54, 1.807) is 11.1 Å². The van der Waals surface area contributed by atoms with Crippen LogP contribution in [-0.2, 0) is 0 Å². The van der Waals surface area contributed by atoms with Crippen molar-refractivity contribution < 1.29 is 0 Å².